The molecule has 152 valence electrons. The van der Waals surface area contributed by atoms with Gasteiger partial charge in [0.25, 0.3) is 0 Å². The first-order valence-electron chi connectivity index (χ1n) is 10.5. The summed E-state index contributed by atoms with van der Waals surface area (Å²) in [5, 5.41) is 11.4. The van der Waals surface area contributed by atoms with Crippen LogP contribution in [0.4, 0.5) is 0 Å². The molecular formula is C21H35N3O2S. The van der Waals surface area contributed by atoms with Gasteiger partial charge in [-0.1, -0.05) is 6.07 Å². The smallest absolute Gasteiger partial charge is 0.222 e. The quantitative estimate of drug-likeness (QED) is 0.736. The summed E-state index contributed by atoms with van der Waals surface area (Å²) in [7, 11) is 2.19. The topological polar surface area (TPSA) is 47.0 Å². The summed E-state index contributed by atoms with van der Waals surface area (Å²) in [6.07, 6.45) is 5.55. The molecule has 2 atom stereocenters. The number of hydrogen-bond donors (Lipinski definition) is 1. The van der Waals surface area contributed by atoms with Crippen molar-refractivity contribution in [3.8, 4) is 0 Å². The van der Waals surface area contributed by atoms with Crippen molar-refractivity contribution in [1.82, 2.24) is 14.7 Å². The van der Waals surface area contributed by atoms with Crippen molar-refractivity contribution in [2.45, 2.75) is 44.6 Å². The molecule has 0 bridgehead atoms. The van der Waals surface area contributed by atoms with Crippen LogP contribution in [-0.2, 0) is 11.2 Å². The van der Waals surface area contributed by atoms with E-state index in [0.29, 0.717) is 24.3 Å². The standard InChI is InChI=1S/C21H35N3O2S/c1-22-11-13-23(14-12-22)20-9-10-24(17-18(20)5-3-15-25)21(26)8-2-6-19-7-4-16-27-19/h4,7,16,18,20,25H,2-3,5-6,8-15,17H2,1H3/t18-,20+/m1/s1. The van der Waals surface area contributed by atoms with Gasteiger partial charge in [0.2, 0.25) is 5.91 Å². The van der Waals surface area contributed by atoms with Crippen LogP contribution in [0, 0.1) is 5.92 Å². The SMILES string of the molecule is CN1CCN([C@H]2CCN(C(=O)CCCc3cccs3)C[C@H]2CCCO)CC1. The van der Waals surface area contributed by atoms with Crippen LogP contribution in [0.1, 0.15) is 37.0 Å². The Hall–Kier alpha value is -0.950. The van der Waals surface area contributed by atoms with E-state index in [1.165, 1.54) is 4.88 Å². The summed E-state index contributed by atoms with van der Waals surface area (Å²) in [5.74, 6) is 0.813. The summed E-state index contributed by atoms with van der Waals surface area (Å²) >= 11 is 1.78. The molecule has 1 amide bonds. The first-order valence-corrected chi connectivity index (χ1v) is 11.4. The molecule has 0 aliphatic carbocycles. The highest BCUT2D eigenvalue weighted by Crippen LogP contribution is 2.27. The largest absolute Gasteiger partial charge is 0.396 e. The van der Waals surface area contributed by atoms with Gasteiger partial charge in [-0.3, -0.25) is 9.69 Å². The van der Waals surface area contributed by atoms with E-state index in [9.17, 15) is 9.90 Å². The van der Waals surface area contributed by atoms with Gasteiger partial charge in [0.05, 0.1) is 0 Å². The van der Waals surface area contributed by atoms with E-state index in [2.05, 4.69) is 39.3 Å². The number of rotatable bonds is 8. The normalized spacial score (nSPS) is 25.0. The molecule has 2 aliphatic heterocycles. The van der Waals surface area contributed by atoms with Crippen molar-refractivity contribution in [2.24, 2.45) is 5.92 Å². The molecule has 0 saturated carbocycles. The van der Waals surface area contributed by atoms with Gasteiger partial charge in [-0.25, -0.2) is 0 Å². The molecule has 1 aromatic heterocycles. The van der Waals surface area contributed by atoms with Gasteiger partial charge in [-0.05, 0) is 56.5 Å². The molecule has 1 N–H and O–H groups in total. The number of thiophene rings is 1. The number of aliphatic hydroxyl groups is 1. The van der Waals surface area contributed by atoms with Crippen molar-refractivity contribution >= 4 is 17.2 Å². The molecule has 0 aromatic carbocycles. The average molecular weight is 394 g/mol. The molecule has 2 saturated heterocycles. The molecule has 5 nitrogen and oxygen atoms in total. The summed E-state index contributed by atoms with van der Waals surface area (Å²) in [6.45, 7) is 6.54. The third-order valence-corrected chi connectivity index (χ3v) is 7.12. The molecule has 2 fully saturated rings. The minimum absolute atomic E-state index is 0.251. The Balaban J connectivity index is 1.50. The van der Waals surface area contributed by atoms with Crippen molar-refractivity contribution < 1.29 is 9.90 Å². The van der Waals surface area contributed by atoms with Crippen molar-refractivity contribution in [1.29, 1.82) is 0 Å². The lowest BCUT2D eigenvalue weighted by atomic mass is 9.86. The second-order valence-electron chi connectivity index (χ2n) is 8.09. The highest BCUT2D eigenvalue weighted by molar-refractivity contribution is 7.09. The third-order valence-electron chi connectivity index (χ3n) is 6.18. The summed E-state index contributed by atoms with van der Waals surface area (Å²) < 4.78 is 0. The monoisotopic (exact) mass is 393 g/mol. The predicted molar refractivity (Wildman–Crippen MR) is 111 cm³/mol. The number of hydrogen-bond acceptors (Lipinski definition) is 5. The lowest BCUT2D eigenvalue weighted by Crippen LogP contribution is -2.56. The fraction of sp³-hybridized carbons (Fsp3) is 0.762. The van der Waals surface area contributed by atoms with Gasteiger partial charge >= 0.3 is 0 Å². The van der Waals surface area contributed by atoms with Gasteiger partial charge in [0, 0.05) is 63.2 Å². The van der Waals surface area contributed by atoms with Crippen molar-refractivity contribution in [3.05, 3.63) is 22.4 Å². The number of aliphatic hydroxyl groups excluding tert-OH is 1. The first-order chi connectivity index (χ1) is 13.2. The minimum Gasteiger partial charge on any atom is -0.396 e. The van der Waals surface area contributed by atoms with Crippen LogP contribution in [0.15, 0.2) is 17.5 Å². The number of carbonyl (C=O) groups excluding carboxylic acids is 1. The van der Waals surface area contributed by atoms with Crippen LogP contribution < -0.4 is 0 Å². The number of carbonyl (C=O) groups is 1. The summed E-state index contributed by atoms with van der Waals surface area (Å²) in [5.41, 5.74) is 0. The molecule has 1 aromatic rings. The molecular weight excluding hydrogens is 358 g/mol. The Morgan fingerprint density at radius 3 is 2.74 bits per heavy atom. The van der Waals surface area contributed by atoms with Crippen LogP contribution >= 0.6 is 11.3 Å². The van der Waals surface area contributed by atoms with E-state index in [1.807, 2.05) is 0 Å². The van der Waals surface area contributed by atoms with Crippen molar-refractivity contribution in [3.63, 3.8) is 0 Å². The van der Waals surface area contributed by atoms with E-state index < -0.39 is 0 Å². The number of likely N-dealkylation sites (tertiary alicyclic amines) is 1. The molecule has 3 heterocycles. The van der Waals surface area contributed by atoms with Gasteiger partial charge in [-0.15, -0.1) is 11.3 Å². The van der Waals surface area contributed by atoms with E-state index in [0.717, 1.165) is 71.4 Å². The maximum absolute atomic E-state index is 12.7. The van der Waals surface area contributed by atoms with E-state index in [-0.39, 0.29) is 6.61 Å². The molecule has 0 radical (unpaired) electrons. The number of piperazine rings is 1. The zero-order chi connectivity index (χ0) is 19.1. The molecule has 0 spiro atoms. The number of nitrogens with zero attached hydrogens (tertiary/aromatic N) is 3. The van der Waals surface area contributed by atoms with Gasteiger partial charge in [0.15, 0.2) is 0 Å². The Morgan fingerprint density at radius 1 is 1.22 bits per heavy atom. The fourth-order valence-electron chi connectivity index (χ4n) is 4.54. The molecule has 6 heteroatoms. The summed E-state index contributed by atoms with van der Waals surface area (Å²) in [4.78, 5) is 21.2. The second-order valence-corrected chi connectivity index (χ2v) is 9.13. The number of likely N-dealkylation sites (N-methyl/N-ethyl adjacent to an activating group) is 1. The van der Waals surface area contributed by atoms with E-state index in [4.69, 9.17) is 0 Å². The zero-order valence-electron chi connectivity index (χ0n) is 16.7. The predicted octanol–water partition coefficient (Wildman–Crippen LogP) is 2.31. The molecule has 2 aliphatic rings. The zero-order valence-corrected chi connectivity index (χ0v) is 17.5. The molecule has 27 heavy (non-hydrogen) atoms. The maximum Gasteiger partial charge on any atom is 0.222 e. The van der Waals surface area contributed by atoms with Crippen LogP contribution in [0.3, 0.4) is 0 Å². The van der Waals surface area contributed by atoms with Crippen LogP contribution in [0.5, 0.6) is 0 Å². The second kappa shape index (κ2) is 10.6. The van der Waals surface area contributed by atoms with E-state index >= 15 is 0 Å². The first kappa shape index (κ1) is 20.8. The summed E-state index contributed by atoms with van der Waals surface area (Å²) in [6, 6.07) is 4.80. The van der Waals surface area contributed by atoms with Crippen LogP contribution in [0.25, 0.3) is 0 Å². The number of aryl methyl sites for hydroxylation is 1. The third kappa shape index (κ3) is 6.01. The average Bonchev–Trinajstić information content (AvgIpc) is 3.20. The molecule has 0 unspecified atom stereocenters. The maximum atomic E-state index is 12.7. The Morgan fingerprint density at radius 2 is 2.04 bits per heavy atom. The minimum atomic E-state index is 0.251. The lowest BCUT2D eigenvalue weighted by molar-refractivity contribution is -0.134. The molecule has 3 rings (SSSR count). The number of amides is 1. The van der Waals surface area contributed by atoms with Gasteiger partial charge < -0.3 is 14.9 Å². The van der Waals surface area contributed by atoms with Gasteiger partial charge in [-0.2, -0.15) is 0 Å². The highest BCUT2D eigenvalue weighted by Gasteiger charge is 2.35. The van der Waals surface area contributed by atoms with E-state index in [1.54, 1.807) is 11.3 Å². The van der Waals surface area contributed by atoms with Gasteiger partial charge in [0.1, 0.15) is 0 Å². The van der Waals surface area contributed by atoms with Crippen LogP contribution in [-0.4, -0.2) is 84.7 Å². The Kier molecular flexibility index (Phi) is 8.12. The Bertz CT molecular complexity index is 558. The fourth-order valence-corrected chi connectivity index (χ4v) is 5.30. The van der Waals surface area contributed by atoms with Crippen LogP contribution in [0.2, 0.25) is 0 Å². The Labute approximate surface area is 167 Å². The number of piperidine rings is 1. The lowest BCUT2D eigenvalue weighted by Gasteiger charge is -2.46. The highest BCUT2D eigenvalue weighted by atomic mass is 32.1. The van der Waals surface area contributed by atoms with Crippen molar-refractivity contribution in [2.75, 3.05) is 52.9 Å².